The van der Waals surface area contributed by atoms with Crippen LogP contribution in [0.2, 0.25) is 0 Å². The van der Waals surface area contributed by atoms with Crippen LogP contribution in [0, 0.1) is 31.8 Å². The molecule has 0 atom stereocenters. The highest BCUT2D eigenvalue weighted by atomic mass is 32.1. The smallest absolute Gasteiger partial charge is 0.229 e. The molecule has 0 radical (unpaired) electrons. The summed E-state index contributed by atoms with van der Waals surface area (Å²) in [5.74, 6) is 0. The molecular weight excluding hydrogens is 490 g/mol. The number of aryl methyl sites for hydroxylation is 1. The summed E-state index contributed by atoms with van der Waals surface area (Å²) in [6.07, 6.45) is 0. The Hall–Kier alpha value is -2.78. The van der Waals surface area contributed by atoms with Crippen molar-refractivity contribution in [1.29, 1.82) is 5.26 Å². The average molecular weight is 538 g/mol. The largest absolute Gasteiger partial charge is 0.360 e. The second-order valence-corrected chi connectivity index (χ2v) is 11.1. The van der Waals surface area contributed by atoms with Crippen molar-refractivity contribution in [2.45, 2.75) is 55.4 Å². The summed E-state index contributed by atoms with van der Waals surface area (Å²) in [5.41, 5.74) is 4.18. The lowest BCUT2D eigenvalue weighted by molar-refractivity contribution is -0.923. The zero-order valence-electron chi connectivity index (χ0n) is 24.8. The maximum absolute atomic E-state index is 9.32. The lowest BCUT2D eigenvalue weighted by Crippen LogP contribution is -2.54. The van der Waals surface area contributed by atoms with Crippen molar-refractivity contribution in [3.63, 3.8) is 0 Å². The Labute approximate surface area is 235 Å². The third-order valence-electron chi connectivity index (χ3n) is 8.82. The number of anilines is 1. The molecule has 1 heterocycles. The van der Waals surface area contributed by atoms with E-state index in [-0.39, 0.29) is 0 Å². The van der Waals surface area contributed by atoms with E-state index in [0.29, 0.717) is 21.1 Å². The van der Waals surface area contributed by atoms with Gasteiger partial charge in [-0.1, -0.05) is 0 Å². The molecular formula is C30H47N7S+2. The normalized spacial score (nSPS) is 12.1. The van der Waals surface area contributed by atoms with Gasteiger partial charge in [0.05, 0.1) is 82.6 Å². The Morgan fingerprint density at radius 3 is 1.84 bits per heavy atom. The summed E-state index contributed by atoms with van der Waals surface area (Å²) in [7, 11) is 0. The second-order valence-electron chi connectivity index (χ2n) is 10.1. The fraction of sp³-hybridized carbons (Fsp3) is 0.600. The third kappa shape index (κ3) is 7.20. The summed E-state index contributed by atoms with van der Waals surface area (Å²) < 4.78 is 2.26. The van der Waals surface area contributed by atoms with E-state index < -0.39 is 0 Å². The molecule has 0 aliphatic carbocycles. The van der Waals surface area contributed by atoms with Gasteiger partial charge in [0.2, 0.25) is 5.69 Å². The van der Waals surface area contributed by atoms with Crippen molar-refractivity contribution in [1.82, 2.24) is 0 Å². The predicted octanol–water partition coefficient (Wildman–Crippen LogP) is 7.76. The van der Waals surface area contributed by atoms with E-state index in [9.17, 15) is 5.26 Å². The minimum absolute atomic E-state index is 0.421. The van der Waals surface area contributed by atoms with E-state index in [1.807, 2.05) is 6.07 Å². The molecule has 2 rings (SSSR count). The molecule has 0 bridgehead atoms. The molecule has 2 aromatic rings. The SMILES string of the molecule is [C-]#[N+]c1c(N=Nc2ccc(N(CC[N+](CC)(CC)CC)CC[N+](CC)(CC)CC)cc2C)sc(C#N)c1C. The van der Waals surface area contributed by atoms with Crippen molar-refractivity contribution in [2.24, 2.45) is 10.2 Å². The first kappa shape index (κ1) is 31.4. The summed E-state index contributed by atoms with van der Waals surface area (Å²) in [4.78, 5) is 6.67. The number of likely N-dealkylation sites (N-methyl/N-ethyl adjacent to an activating group) is 2. The fourth-order valence-electron chi connectivity index (χ4n) is 5.17. The summed E-state index contributed by atoms with van der Waals surface area (Å²) in [6.45, 7) is 36.4. The number of nitrogens with zero attached hydrogens (tertiary/aromatic N) is 7. The highest BCUT2D eigenvalue weighted by Crippen LogP contribution is 2.42. The number of hydrogen-bond acceptors (Lipinski definition) is 5. The van der Waals surface area contributed by atoms with Crippen LogP contribution in [0.1, 0.15) is 57.5 Å². The summed E-state index contributed by atoms with van der Waals surface area (Å²) >= 11 is 1.23. The first-order valence-electron chi connectivity index (χ1n) is 14.1. The van der Waals surface area contributed by atoms with E-state index in [0.717, 1.165) is 85.7 Å². The molecule has 38 heavy (non-hydrogen) atoms. The highest BCUT2D eigenvalue weighted by molar-refractivity contribution is 7.17. The molecule has 0 aliphatic rings. The molecule has 0 spiro atoms. The van der Waals surface area contributed by atoms with Gasteiger partial charge in [0.15, 0.2) is 0 Å². The van der Waals surface area contributed by atoms with Gasteiger partial charge in [-0.15, -0.1) is 11.3 Å². The molecule has 1 aromatic carbocycles. The van der Waals surface area contributed by atoms with Crippen molar-refractivity contribution >= 4 is 33.4 Å². The Kier molecular flexibility index (Phi) is 11.9. The number of thiophene rings is 1. The van der Waals surface area contributed by atoms with Crippen LogP contribution in [-0.4, -0.2) is 74.4 Å². The number of rotatable bonds is 15. The van der Waals surface area contributed by atoms with Crippen LogP contribution in [0.25, 0.3) is 4.85 Å². The van der Waals surface area contributed by atoms with E-state index in [1.54, 1.807) is 6.92 Å². The molecule has 0 amide bonds. The van der Waals surface area contributed by atoms with Crippen molar-refractivity contribution in [3.8, 4) is 6.07 Å². The highest BCUT2D eigenvalue weighted by Gasteiger charge is 2.25. The summed E-state index contributed by atoms with van der Waals surface area (Å²) in [5, 5.41) is 18.7. The lowest BCUT2D eigenvalue weighted by atomic mass is 10.1. The van der Waals surface area contributed by atoms with Crippen LogP contribution in [0.3, 0.4) is 0 Å². The number of benzene rings is 1. The quantitative estimate of drug-likeness (QED) is 0.132. The zero-order chi connectivity index (χ0) is 28.3. The molecule has 0 unspecified atom stereocenters. The molecule has 206 valence electrons. The summed E-state index contributed by atoms with van der Waals surface area (Å²) in [6, 6.07) is 8.58. The number of nitriles is 1. The predicted molar refractivity (Wildman–Crippen MR) is 161 cm³/mol. The van der Waals surface area contributed by atoms with Crippen LogP contribution in [-0.2, 0) is 0 Å². The Balaban J connectivity index is 2.36. The number of quaternary nitrogens is 2. The zero-order valence-corrected chi connectivity index (χ0v) is 25.7. The third-order valence-corrected chi connectivity index (χ3v) is 9.89. The van der Waals surface area contributed by atoms with Gasteiger partial charge < -0.3 is 13.9 Å². The van der Waals surface area contributed by atoms with E-state index in [4.69, 9.17) is 6.57 Å². The maximum Gasteiger partial charge on any atom is 0.229 e. The molecule has 1 aromatic heterocycles. The second kappa shape index (κ2) is 14.4. The fourth-order valence-corrected chi connectivity index (χ4v) is 6.04. The first-order valence-corrected chi connectivity index (χ1v) is 14.9. The molecule has 0 aliphatic heterocycles. The van der Waals surface area contributed by atoms with E-state index in [1.165, 1.54) is 17.0 Å². The molecule has 8 heteroatoms. The van der Waals surface area contributed by atoms with Crippen LogP contribution in [0.4, 0.5) is 22.1 Å². The Morgan fingerprint density at radius 2 is 1.42 bits per heavy atom. The topological polar surface area (TPSA) is 56.1 Å². The van der Waals surface area contributed by atoms with Crippen molar-refractivity contribution in [2.75, 3.05) is 70.3 Å². The minimum atomic E-state index is 0.421. The van der Waals surface area contributed by atoms with Gasteiger partial charge >= 0.3 is 0 Å². The average Bonchev–Trinajstić information content (AvgIpc) is 3.26. The minimum Gasteiger partial charge on any atom is -0.360 e. The van der Waals surface area contributed by atoms with E-state index in [2.05, 4.69) is 86.6 Å². The maximum atomic E-state index is 9.32. The molecule has 0 saturated carbocycles. The van der Waals surface area contributed by atoms with Crippen LogP contribution in [0.5, 0.6) is 0 Å². The standard InChI is InChI=1S/C30H47N7S/c1-10-36(11-2,12-3)20-18-35(19-21-37(13-4,14-5)15-6)26-16-17-27(24(7)22-26)33-34-30-29(32-9)25(8)28(23-31)38-30/h16-17,22H,10-15,18-21H2,1-8H3/q+2. The van der Waals surface area contributed by atoms with Gasteiger partial charge in [0, 0.05) is 5.69 Å². The Bertz CT molecular complexity index is 1120. The van der Waals surface area contributed by atoms with Gasteiger partial charge in [0.1, 0.15) is 11.1 Å². The van der Waals surface area contributed by atoms with Crippen molar-refractivity contribution in [3.05, 3.63) is 45.6 Å². The van der Waals surface area contributed by atoms with Crippen LogP contribution < -0.4 is 4.90 Å². The van der Waals surface area contributed by atoms with Gasteiger partial charge in [-0.2, -0.15) is 15.5 Å². The van der Waals surface area contributed by atoms with Crippen LogP contribution >= 0.6 is 11.3 Å². The number of hydrogen-bond donors (Lipinski definition) is 0. The molecule has 7 nitrogen and oxygen atoms in total. The van der Waals surface area contributed by atoms with Gasteiger partial charge in [0.25, 0.3) is 0 Å². The molecule has 0 N–H and O–H groups in total. The van der Waals surface area contributed by atoms with E-state index >= 15 is 0 Å². The lowest BCUT2D eigenvalue weighted by Gasteiger charge is -2.40. The van der Waals surface area contributed by atoms with Gasteiger partial charge in [-0.3, -0.25) is 0 Å². The van der Waals surface area contributed by atoms with Gasteiger partial charge in [-0.25, -0.2) is 4.85 Å². The van der Waals surface area contributed by atoms with Gasteiger partial charge in [-0.05, 0) is 84.7 Å². The van der Waals surface area contributed by atoms with Crippen molar-refractivity contribution < 1.29 is 8.97 Å². The number of azo groups is 1. The molecule has 0 fully saturated rings. The Morgan fingerprint density at radius 1 is 0.895 bits per heavy atom. The van der Waals surface area contributed by atoms with Crippen LogP contribution in [0.15, 0.2) is 28.4 Å². The monoisotopic (exact) mass is 537 g/mol. The first-order chi connectivity index (χ1) is 18.2. The molecule has 0 saturated heterocycles.